The molecule has 3 heteroatoms. The number of rotatable bonds is 8. The fourth-order valence-electron chi connectivity index (χ4n) is 2.48. The van der Waals surface area contributed by atoms with Crippen LogP contribution in [0.2, 0.25) is 0 Å². The van der Waals surface area contributed by atoms with Crippen molar-refractivity contribution in [3.05, 3.63) is 30.5 Å². The summed E-state index contributed by atoms with van der Waals surface area (Å²) >= 11 is 0. The SMILES string of the molecule is CCCCCCCCNc1ccnc2c(N)cccc12. The fourth-order valence-corrected chi connectivity index (χ4v) is 2.48. The minimum Gasteiger partial charge on any atom is -0.397 e. The third kappa shape index (κ3) is 3.86. The van der Waals surface area contributed by atoms with E-state index in [1.54, 1.807) is 0 Å². The number of benzene rings is 1. The number of nitrogens with zero attached hydrogens (tertiary/aromatic N) is 1. The van der Waals surface area contributed by atoms with Crippen LogP contribution in [0, 0.1) is 0 Å². The number of aromatic nitrogens is 1. The Labute approximate surface area is 121 Å². The van der Waals surface area contributed by atoms with Crippen LogP contribution in [0.25, 0.3) is 10.9 Å². The summed E-state index contributed by atoms with van der Waals surface area (Å²) in [5.41, 5.74) is 8.72. The van der Waals surface area contributed by atoms with Gasteiger partial charge in [0.2, 0.25) is 0 Å². The van der Waals surface area contributed by atoms with Gasteiger partial charge in [0.05, 0.1) is 11.2 Å². The van der Waals surface area contributed by atoms with Crippen LogP contribution in [0.4, 0.5) is 11.4 Å². The van der Waals surface area contributed by atoms with Crippen LogP contribution in [0.1, 0.15) is 45.4 Å². The van der Waals surface area contributed by atoms with Crippen LogP contribution in [-0.2, 0) is 0 Å². The Kier molecular flexibility index (Phi) is 5.66. The molecular weight excluding hydrogens is 246 g/mol. The molecule has 1 aromatic carbocycles. The second kappa shape index (κ2) is 7.73. The number of nitrogen functional groups attached to an aromatic ring is 1. The Balaban J connectivity index is 1.86. The third-order valence-corrected chi connectivity index (χ3v) is 3.65. The Hall–Kier alpha value is -1.77. The van der Waals surface area contributed by atoms with E-state index in [1.807, 2.05) is 24.4 Å². The van der Waals surface area contributed by atoms with Crippen LogP contribution in [0.15, 0.2) is 30.5 Å². The Morgan fingerprint density at radius 2 is 1.85 bits per heavy atom. The molecule has 0 spiro atoms. The van der Waals surface area contributed by atoms with Gasteiger partial charge in [0.15, 0.2) is 0 Å². The lowest BCUT2D eigenvalue weighted by atomic mass is 10.1. The van der Waals surface area contributed by atoms with Gasteiger partial charge in [-0.15, -0.1) is 0 Å². The highest BCUT2D eigenvalue weighted by molar-refractivity contribution is 5.97. The highest BCUT2D eigenvalue weighted by Gasteiger charge is 2.03. The zero-order chi connectivity index (χ0) is 14.2. The molecule has 0 unspecified atom stereocenters. The van der Waals surface area contributed by atoms with E-state index in [4.69, 9.17) is 5.73 Å². The van der Waals surface area contributed by atoms with E-state index in [0.717, 1.165) is 28.8 Å². The molecule has 0 aliphatic heterocycles. The smallest absolute Gasteiger partial charge is 0.0951 e. The Bertz CT molecular complexity index is 537. The van der Waals surface area contributed by atoms with Crippen molar-refractivity contribution in [3.63, 3.8) is 0 Å². The van der Waals surface area contributed by atoms with Gasteiger partial charge in [-0.2, -0.15) is 0 Å². The topological polar surface area (TPSA) is 50.9 Å². The maximum Gasteiger partial charge on any atom is 0.0951 e. The minimum absolute atomic E-state index is 0.741. The van der Waals surface area contributed by atoms with Gasteiger partial charge in [0, 0.05) is 23.8 Å². The average molecular weight is 271 g/mol. The minimum atomic E-state index is 0.741. The molecule has 0 saturated carbocycles. The maximum atomic E-state index is 5.96. The van der Waals surface area contributed by atoms with E-state index >= 15 is 0 Å². The highest BCUT2D eigenvalue weighted by atomic mass is 14.9. The van der Waals surface area contributed by atoms with Crippen molar-refractivity contribution < 1.29 is 0 Å². The number of fused-ring (bicyclic) bond motifs is 1. The van der Waals surface area contributed by atoms with Crippen molar-refractivity contribution in [3.8, 4) is 0 Å². The molecule has 108 valence electrons. The molecule has 0 aliphatic carbocycles. The normalized spacial score (nSPS) is 10.8. The summed E-state index contributed by atoms with van der Waals surface area (Å²) in [4.78, 5) is 4.35. The monoisotopic (exact) mass is 271 g/mol. The first-order chi connectivity index (χ1) is 9.83. The Morgan fingerprint density at radius 1 is 1.05 bits per heavy atom. The van der Waals surface area contributed by atoms with E-state index in [1.165, 1.54) is 38.5 Å². The molecule has 0 fully saturated rings. The summed E-state index contributed by atoms with van der Waals surface area (Å²) in [5, 5.41) is 4.62. The van der Waals surface area contributed by atoms with Gasteiger partial charge in [-0.1, -0.05) is 51.2 Å². The fraction of sp³-hybridized carbons (Fsp3) is 0.471. The average Bonchev–Trinajstić information content (AvgIpc) is 2.47. The molecule has 0 saturated heterocycles. The molecule has 0 atom stereocenters. The standard InChI is InChI=1S/C17H25N3/c1-2-3-4-5-6-7-12-19-16-11-13-20-17-14(16)9-8-10-15(17)18/h8-11,13H,2-7,12,18H2,1H3,(H,19,20). The number of hydrogen-bond acceptors (Lipinski definition) is 3. The number of pyridine rings is 1. The van der Waals surface area contributed by atoms with Crippen LogP contribution < -0.4 is 11.1 Å². The van der Waals surface area contributed by atoms with Gasteiger partial charge in [-0.3, -0.25) is 4.98 Å². The van der Waals surface area contributed by atoms with E-state index in [-0.39, 0.29) is 0 Å². The van der Waals surface area contributed by atoms with Crippen LogP contribution >= 0.6 is 0 Å². The van der Waals surface area contributed by atoms with Crippen molar-refractivity contribution in [1.82, 2.24) is 4.98 Å². The molecule has 20 heavy (non-hydrogen) atoms. The molecule has 1 heterocycles. The summed E-state index contributed by atoms with van der Waals surface area (Å²) in [7, 11) is 0. The number of anilines is 2. The number of nitrogens with two attached hydrogens (primary N) is 1. The molecular formula is C17H25N3. The van der Waals surface area contributed by atoms with Crippen molar-refractivity contribution in [2.75, 3.05) is 17.6 Å². The van der Waals surface area contributed by atoms with Crippen molar-refractivity contribution >= 4 is 22.3 Å². The van der Waals surface area contributed by atoms with Gasteiger partial charge in [0.25, 0.3) is 0 Å². The first-order valence-corrected chi connectivity index (χ1v) is 7.70. The van der Waals surface area contributed by atoms with Crippen molar-refractivity contribution in [2.24, 2.45) is 0 Å². The number of para-hydroxylation sites is 1. The predicted octanol–water partition coefficient (Wildman–Crippen LogP) is 4.59. The van der Waals surface area contributed by atoms with Gasteiger partial charge < -0.3 is 11.1 Å². The summed E-state index contributed by atoms with van der Waals surface area (Å²) in [6.45, 7) is 3.27. The van der Waals surface area contributed by atoms with Gasteiger partial charge in [-0.05, 0) is 18.6 Å². The number of hydrogen-bond donors (Lipinski definition) is 2. The molecule has 2 rings (SSSR count). The van der Waals surface area contributed by atoms with E-state index in [2.05, 4.69) is 23.3 Å². The van der Waals surface area contributed by atoms with Crippen LogP contribution in [-0.4, -0.2) is 11.5 Å². The lowest BCUT2D eigenvalue weighted by Gasteiger charge is -2.10. The second-order valence-corrected chi connectivity index (χ2v) is 5.30. The molecule has 0 aliphatic rings. The van der Waals surface area contributed by atoms with Gasteiger partial charge in [-0.25, -0.2) is 0 Å². The molecule has 0 amide bonds. The zero-order valence-corrected chi connectivity index (χ0v) is 12.4. The Morgan fingerprint density at radius 3 is 2.70 bits per heavy atom. The van der Waals surface area contributed by atoms with Crippen molar-refractivity contribution in [2.45, 2.75) is 45.4 Å². The predicted molar refractivity (Wildman–Crippen MR) is 88.0 cm³/mol. The zero-order valence-electron chi connectivity index (χ0n) is 12.4. The van der Waals surface area contributed by atoms with Crippen molar-refractivity contribution in [1.29, 1.82) is 0 Å². The second-order valence-electron chi connectivity index (χ2n) is 5.30. The summed E-state index contributed by atoms with van der Waals surface area (Å²) in [6, 6.07) is 7.98. The van der Waals surface area contributed by atoms with Crippen LogP contribution in [0.3, 0.4) is 0 Å². The summed E-state index contributed by atoms with van der Waals surface area (Å²) in [6.07, 6.45) is 9.73. The molecule has 1 aromatic heterocycles. The molecule has 3 nitrogen and oxygen atoms in total. The lowest BCUT2D eigenvalue weighted by molar-refractivity contribution is 0.617. The quantitative estimate of drug-likeness (QED) is 0.545. The van der Waals surface area contributed by atoms with E-state index in [9.17, 15) is 0 Å². The lowest BCUT2D eigenvalue weighted by Crippen LogP contribution is -2.02. The largest absolute Gasteiger partial charge is 0.397 e. The maximum absolute atomic E-state index is 5.96. The molecule has 0 radical (unpaired) electrons. The van der Waals surface area contributed by atoms with Crippen LogP contribution in [0.5, 0.6) is 0 Å². The van der Waals surface area contributed by atoms with E-state index < -0.39 is 0 Å². The van der Waals surface area contributed by atoms with E-state index in [0.29, 0.717) is 0 Å². The van der Waals surface area contributed by atoms with Gasteiger partial charge >= 0.3 is 0 Å². The number of unbranched alkanes of at least 4 members (excludes halogenated alkanes) is 5. The highest BCUT2D eigenvalue weighted by Crippen LogP contribution is 2.25. The summed E-state index contributed by atoms with van der Waals surface area (Å²) in [5.74, 6) is 0. The molecule has 2 aromatic rings. The third-order valence-electron chi connectivity index (χ3n) is 3.65. The van der Waals surface area contributed by atoms with Gasteiger partial charge in [0.1, 0.15) is 0 Å². The first-order valence-electron chi connectivity index (χ1n) is 7.70. The molecule has 3 N–H and O–H groups in total. The number of nitrogens with one attached hydrogen (secondary N) is 1. The molecule has 0 bridgehead atoms. The summed E-state index contributed by atoms with van der Waals surface area (Å²) < 4.78 is 0. The first kappa shape index (κ1) is 14.6.